The molecule has 0 saturated heterocycles. The van der Waals surface area contributed by atoms with Crippen LogP contribution in [-0.2, 0) is 6.42 Å². The molecule has 0 aliphatic carbocycles. The van der Waals surface area contributed by atoms with E-state index in [4.69, 9.17) is 4.74 Å². The molecule has 0 bridgehead atoms. The van der Waals surface area contributed by atoms with Gasteiger partial charge in [-0.1, -0.05) is 35.0 Å². The number of hydrogen-bond donors (Lipinski definition) is 0. The Morgan fingerprint density at radius 3 is 2.81 bits per heavy atom. The van der Waals surface area contributed by atoms with Gasteiger partial charge in [0, 0.05) is 10.9 Å². The molecule has 0 amide bonds. The quantitative estimate of drug-likeness (QED) is 0.582. The predicted molar refractivity (Wildman–Crippen MR) is 108 cm³/mol. The standard InChI is InChI=1S/C20H20BrN3O2/c1-4-19-23-18-9-8-15(21)11-17(18)20(25)24(19)22-12-14-6-5-7-16(10-14)26-13(2)3/h5-13H,4H2,1-3H3. The molecule has 0 spiro atoms. The van der Waals surface area contributed by atoms with Crippen LogP contribution in [0.3, 0.4) is 0 Å². The van der Waals surface area contributed by atoms with E-state index in [1.54, 1.807) is 12.3 Å². The Morgan fingerprint density at radius 2 is 2.08 bits per heavy atom. The third-order valence-corrected chi connectivity index (χ3v) is 4.24. The fraction of sp³-hybridized carbons (Fsp3) is 0.250. The van der Waals surface area contributed by atoms with Crippen LogP contribution < -0.4 is 10.3 Å². The third kappa shape index (κ3) is 4.02. The first-order valence-electron chi connectivity index (χ1n) is 8.50. The van der Waals surface area contributed by atoms with Crippen molar-refractivity contribution in [3.63, 3.8) is 0 Å². The normalized spacial score (nSPS) is 11.6. The highest BCUT2D eigenvalue weighted by Crippen LogP contribution is 2.17. The lowest BCUT2D eigenvalue weighted by Gasteiger charge is -2.10. The Kier molecular flexibility index (Phi) is 5.52. The average molecular weight is 414 g/mol. The highest BCUT2D eigenvalue weighted by Gasteiger charge is 2.09. The van der Waals surface area contributed by atoms with Crippen LogP contribution in [0, 0.1) is 0 Å². The van der Waals surface area contributed by atoms with E-state index < -0.39 is 0 Å². The minimum absolute atomic E-state index is 0.0969. The molecule has 0 saturated carbocycles. The summed E-state index contributed by atoms with van der Waals surface area (Å²) in [7, 11) is 0. The third-order valence-electron chi connectivity index (χ3n) is 3.74. The molecular weight excluding hydrogens is 394 g/mol. The lowest BCUT2D eigenvalue weighted by molar-refractivity contribution is 0.242. The van der Waals surface area contributed by atoms with Gasteiger partial charge in [0.1, 0.15) is 11.6 Å². The number of aromatic nitrogens is 2. The minimum Gasteiger partial charge on any atom is -0.491 e. The molecule has 0 radical (unpaired) electrons. The zero-order valence-corrected chi connectivity index (χ0v) is 16.5. The van der Waals surface area contributed by atoms with Gasteiger partial charge in [0.2, 0.25) is 0 Å². The van der Waals surface area contributed by atoms with Crippen molar-refractivity contribution in [2.24, 2.45) is 5.10 Å². The van der Waals surface area contributed by atoms with Gasteiger partial charge in [-0.3, -0.25) is 4.79 Å². The van der Waals surface area contributed by atoms with Gasteiger partial charge in [-0.05, 0) is 49.7 Å². The van der Waals surface area contributed by atoms with E-state index in [2.05, 4.69) is 26.0 Å². The summed E-state index contributed by atoms with van der Waals surface area (Å²) in [5.41, 5.74) is 1.35. The molecule has 5 nitrogen and oxygen atoms in total. The maximum atomic E-state index is 12.9. The molecule has 1 heterocycles. The van der Waals surface area contributed by atoms with E-state index in [0.29, 0.717) is 23.1 Å². The van der Waals surface area contributed by atoms with Crippen molar-refractivity contribution in [1.29, 1.82) is 0 Å². The van der Waals surface area contributed by atoms with Crippen LogP contribution in [0.1, 0.15) is 32.2 Å². The molecule has 26 heavy (non-hydrogen) atoms. The lowest BCUT2D eigenvalue weighted by Crippen LogP contribution is -2.22. The van der Waals surface area contributed by atoms with E-state index in [9.17, 15) is 4.79 Å². The van der Waals surface area contributed by atoms with Gasteiger partial charge < -0.3 is 4.74 Å². The molecule has 3 aromatic rings. The molecule has 134 valence electrons. The summed E-state index contributed by atoms with van der Waals surface area (Å²) < 4.78 is 7.90. The first-order chi connectivity index (χ1) is 12.5. The molecule has 0 unspecified atom stereocenters. The van der Waals surface area contributed by atoms with Gasteiger partial charge in [-0.25, -0.2) is 4.98 Å². The second kappa shape index (κ2) is 7.83. The smallest absolute Gasteiger partial charge is 0.282 e. The average Bonchev–Trinajstić information content (AvgIpc) is 2.61. The van der Waals surface area contributed by atoms with Crippen LogP contribution in [0.2, 0.25) is 0 Å². The number of benzene rings is 2. The zero-order chi connectivity index (χ0) is 18.7. The molecule has 6 heteroatoms. The second-order valence-electron chi connectivity index (χ2n) is 6.14. The van der Waals surface area contributed by atoms with Crippen molar-refractivity contribution < 1.29 is 4.74 Å². The zero-order valence-electron chi connectivity index (χ0n) is 14.9. The largest absolute Gasteiger partial charge is 0.491 e. The van der Waals surface area contributed by atoms with Crippen LogP contribution >= 0.6 is 15.9 Å². The molecule has 3 rings (SSSR count). The molecule has 0 atom stereocenters. The van der Waals surface area contributed by atoms with Gasteiger partial charge in [-0.15, -0.1) is 0 Å². The molecule has 2 aromatic carbocycles. The minimum atomic E-state index is -0.181. The Bertz CT molecular complexity index is 1030. The lowest BCUT2D eigenvalue weighted by atomic mass is 10.2. The maximum Gasteiger partial charge on any atom is 0.282 e. The number of nitrogens with zero attached hydrogens (tertiary/aromatic N) is 3. The summed E-state index contributed by atoms with van der Waals surface area (Å²) in [4.78, 5) is 17.4. The number of halogens is 1. The van der Waals surface area contributed by atoms with Crippen LogP contribution in [0.5, 0.6) is 5.75 Å². The van der Waals surface area contributed by atoms with E-state index >= 15 is 0 Å². The van der Waals surface area contributed by atoms with E-state index in [-0.39, 0.29) is 11.7 Å². The number of aryl methyl sites for hydroxylation is 1. The summed E-state index contributed by atoms with van der Waals surface area (Å²) in [6, 6.07) is 13.1. The predicted octanol–water partition coefficient (Wildman–Crippen LogP) is 4.39. The van der Waals surface area contributed by atoms with Crippen LogP contribution in [-0.4, -0.2) is 22.0 Å². The van der Waals surface area contributed by atoms with Crippen LogP contribution in [0.15, 0.2) is 56.8 Å². The van der Waals surface area contributed by atoms with Crippen molar-refractivity contribution in [3.8, 4) is 5.75 Å². The molecule has 0 aliphatic rings. The molecule has 0 N–H and O–H groups in total. The number of rotatable bonds is 5. The highest BCUT2D eigenvalue weighted by atomic mass is 79.9. The Labute approximate surface area is 160 Å². The number of ether oxygens (including phenoxy) is 1. The Hall–Kier alpha value is -2.47. The Morgan fingerprint density at radius 1 is 1.27 bits per heavy atom. The summed E-state index contributed by atoms with van der Waals surface area (Å²) in [6.45, 7) is 5.91. The summed E-state index contributed by atoms with van der Waals surface area (Å²) in [5.74, 6) is 1.39. The summed E-state index contributed by atoms with van der Waals surface area (Å²) in [5, 5.41) is 4.93. The van der Waals surface area contributed by atoms with E-state index in [0.717, 1.165) is 15.8 Å². The van der Waals surface area contributed by atoms with Gasteiger partial charge >= 0.3 is 0 Å². The van der Waals surface area contributed by atoms with E-state index in [1.165, 1.54) is 4.68 Å². The summed E-state index contributed by atoms with van der Waals surface area (Å²) >= 11 is 3.40. The van der Waals surface area contributed by atoms with Crippen molar-refractivity contribution in [1.82, 2.24) is 9.66 Å². The molecule has 1 aromatic heterocycles. The second-order valence-corrected chi connectivity index (χ2v) is 7.06. The van der Waals surface area contributed by atoms with Gasteiger partial charge in [0.05, 0.1) is 23.2 Å². The van der Waals surface area contributed by atoms with Crippen LogP contribution in [0.4, 0.5) is 0 Å². The topological polar surface area (TPSA) is 56.5 Å². The van der Waals surface area contributed by atoms with Crippen molar-refractivity contribution in [2.75, 3.05) is 0 Å². The molecular formula is C20H20BrN3O2. The highest BCUT2D eigenvalue weighted by molar-refractivity contribution is 9.10. The first-order valence-corrected chi connectivity index (χ1v) is 9.29. The van der Waals surface area contributed by atoms with Crippen molar-refractivity contribution in [2.45, 2.75) is 33.3 Å². The fourth-order valence-electron chi connectivity index (χ4n) is 2.61. The van der Waals surface area contributed by atoms with Gasteiger partial charge in [0.15, 0.2) is 0 Å². The van der Waals surface area contributed by atoms with Crippen LogP contribution in [0.25, 0.3) is 10.9 Å². The number of hydrogen-bond acceptors (Lipinski definition) is 4. The fourth-order valence-corrected chi connectivity index (χ4v) is 2.97. The van der Waals surface area contributed by atoms with Gasteiger partial charge in [0.25, 0.3) is 5.56 Å². The SMILES string of the molecule is CCc1nc2ccc(Br)cc2c(=O)n1N=Cc1cccc(OC(C)C)c1. The monoisotopic (exact) mass is 413 g/mol. The maximum absolute atomic E-state index is 12.9. The number of fused-ring (bicyclic) bond motifs is 1. The molecule has 0 fully saturated rings. The molecule has 0 aliphatic heterocycles. The van der Waals surface area contributed by atoms with Crippen molar-refractivity contribution in [3.05, 3.63) is 68.7 Å². The summed E-state index contributed by atoms with van der Waals surface area (Å²) in [6.07, 6.45) is 2.36. The first kappa shape index (κ1) is 18.3. The van der Waals surface area contributed by atoms with E-state index in [1.807, 2.05) is 57.2 Å². The Balaban J connectivity index is 2.04. The van der Waals surface area contributed by atoms with Crippen molar-refractivity contribution >= 4 is 33.0 Å². The van der Waals surface area contributed by atoms with Gasteiger partial charge in [-0.2, -0.15) is 9.78 Å².